The van der Waals surface area contributed by atoms with Gasteiger partial charge in [-0.05, 0) is 36.5 Å². The second kappa shape index (κ2) is 3.89. The molecule has 0 aliphatic heterocycles. The van der Waals surface area contributed by atoms with E-state index in [2.05, 4.69) is 15.9 Å². The summed E-state index contributed by atoms with van der Waals surface area (Å²) in [7, 11) is 0. The molecule has 7 heteroatoms. The van der Waals surface area contributed by atoms with Crippen LogP contribution in [0.25, 0.3) is 0 Å². The molecule has 0 heterocycles. The Morgan fingerprint density at radius 1 is 0.895 bits per heavy atom. The molecule has 0 aromatic carbocycles. The fourth-order valence-corrected chi connectivity index (χ4v) is 9.14. The van der Waals surface area contributed by atoms with Crippen molar-refractivity contribution in [3.8, 4) is 0 Å². The van der Waals surface area contributed by atoms with Crippen LogP contribution in [-0.2, 0) is 0 Å². The van der Waals surface area contributed by atoms with Gasteiger partial charge >= 0.3 is 0 Å². The SMILES string of the molecule is ClC1=C(Cl)[C@@]2(Cl)[C@H]3[C@H]4C[C@H]([C@H]3[C@@]1(Cl)C2(Cl)Cl)[C@@H](Br)C4. The molecule has 3 saturated carbocycles. The summed E-state index contributed by atoms with van der Waals surface area (Å²) in [5, 5.41) is 0.681. The Balaban J connectivity index is 1.99. The summed E-state index contributed by atoms with van der Waals surface area (Å²) in [5.74, 6) is 1.05. The van der Waals surface area contributed by atoms with Crippen LogP contribution in [0.4, 0.5) is 0 Å². The van der Waals surface area contributed by atoms with Crippen LogP contribution in [0.5, 0.6) is 0 Å². The molecule has 19 heavy (non-hydrogen) atoms. The van der Waals surface area contributed by atoms with Crippen LogP contribution < -0.4 is 0 Å². The van der Waals surface area contributed by atoms with E-state index >= 15 is 0 Å². The molecule has 0 saturated heterocycles. The van der Waals surface area contributed by atoms with Gasteiger partial charge in [-0.1, -0.05) is 62.3 Å². The van der Waals surface area contributed by atoms with Gasteiger partial charge in [-0.15, -0.1) is 23.2 Å². The van der Waals surface area contributed by atoms with E-state index in [1.165, 1.54) is 0 Å². The van der Waals surface area contributed by atoms with Crippen molar-refractivity contribution in [2.45, 2.75) is 31.8 Å². The van der Waals surface area contributed by atoms with Gasteiger partial charge in [-0.3, -0.25) is 0 Å². The topological polar surface area (TPSA) is 0 Å². The molecule has 0 radical (unpaired) electrons. The Morgan fingerprint density at radius 3 is 2.00 bits per heavy atom. The molecule has 0 amide bonds. The van der Waals surface area contributed by atoms with Crippen molar-refractivity contribution < 1.29 is 0 Å². The molecule has 0 unspecified atom stereocenters. The highest BCUT2D eigenvalue weighted by molar-refractivity contribution is 9.09. The standard InChI is InChI=1S/C12H9BrCl6/c13-5-2-3-1-4(5)7-6(3)10(16)8(14)9(15)11(7,17)12(10,18)19/h3-7H,1-2H2/t3-,4-,5-,6-,7+,10-,11-/m0/s1. The summed E-state index contributed by atoms with van der Waals surface area (Å²) >= 11 is 43.3. The van der Waals surface area contributed by atoms with E-state index in [-0.39, 0.29) is 11.8 Å². The second-order valence-corrected chi connectivity index (χ2v) is 10.5. The van der Waals surface area contributed by atoms with Crippen molar-refractivity contribution in [1.82, 2.24) is 0 Å². The Hall–Kier alpha value is 1.96. The van der Waals surface area contributed by atoms with Crippen LogP contribution >= 0.6 is 85.5 Å². The molecule has 4 bridgehead atoms. The van der Waals surface area contributed by atoms with Gasteiger partial charge in [0.1, 0.15) is 9.75 Å². The normalized spacial score (nSPS) is 61.1. The van der Waals surface area contributed by atoms with E-state index in [0.29, 0.717) is 26.7 Å². The first kappa shape index (κ1) is 14.5. The average Bonchev–Trinajstić information content (AvgIpc) is 2.95. The molecule has 0 N–H and O–H groups in total. The molecule has 4 rings (SSSR count). The van der Waals surface area contributed by atoms with E-state index in [1.54, 1.807) is 0 Å². The molecule has 0 spiro atoms. The fraction of sp³-hybridized carbons (Fsp3) is 0.833. The predicted molar refractivity (Wildman–Crippen MR) is 86.2 cm³/mol. The van der Waals surface area contributed by atoms with Gasteiger partial charge in [0, 0.05) is 4.83 Å². The Morgan fingerprint density at radius 2 is 1.42 bits per heavy atom. The monoisotopic (exact) mass is 442 g/mol. The fourth-order valence-electron chi connectivity index (χ4n) is 4.97. The Kier molecular flexibility index (Phi) is 2.98. The number of alkyl halides is 5. The smallest absolute Gasteiger partial charge is 0.109 e. The first-order valence-corrected chi connectivity index (χ1v) is 9.33. The van der Waals surface area contributed by atoms with Crippen molar-refractivity contribution in [2.24, 2.45) is 23.7 Å². The molecule has 0 aromatic heterocycles. The highest BCUT2D eigenvalue weighted by atomic mass is 79.9. The Labute approximate surface area is 150 Å². The van der Waals surface area contributed by atoms with Gasteiger partial charge in [-0.2, -0.15) is 0 Å². The second-order valence-electron chi connectivity index (χ2n) is 6.09. The third-order valence-corrected chi connectivity index (χ3v) is 10.9. The third kappa shape index (κ3) is 1.24. The van der Waals surface area contributed by atoms with Crippen LogP contribution in [0.15, 0.2) is 10.1 Å². The molecule has 106 valence electrons. The van der Waals surface area contributed by atoms with Gasteiger partial charge in [-0.25, -0.2) is 0 Å². The van der Waals surface area contributed by atoms with Gasteiger partial charge < -0.3 is 0 Å². The summed E-state index contributed by atoms with van der Waals surface area (Å²) in [6.07, 6.45) is 2.16. The average molecular weight is 446 g/mol. The maximum absolute atomic E-state index is 6.84. The molecule has 7 atom stereocenters. The van der Waals surface area contributed by atoms with Crippen molar-refractivity contribution in [2.75, 3.05) is 0 Å². The molecule has 3 fully saturated rings. The number of hydrogen-bond donors (Lipinski definition) is 0. The van der Waals surface area contributed by atoms with Crippen LogP contribution in [-0.4, -0.2) is 18.9 Å². The summed E-state index contributed by atoms with van der Waals surface area (Å²) in [4.78, 5) is -1.68. The lowest BCUT2D eigenvalue weighted by atomic mass is 9.72. The van der Waals surface area contributed by atoms with Crippen molar-refractivity contribution in [1.29, 1.82) is 0 Å². The molecule has 0 nitrogen and oxygen atoms in total. The number of hydrogen-bond acceptors (Lipinski definition) is 0. The summed E-state index contributed by atoms with van der Waals surface area (Å²) in [6.45, 7) is 0. The molecular weight excluding hydrogens is 437 g/mol. The maximum Gasteiger partial charge on any atom is 0.166 e. The number of halogens is 7. The molecule has 4 aliphatic rings. The van der Waals surface area contributed by atoms with Crippen molar-refractivity contribution in [3.05, 3.63) is 10.1 Å². The molecular formula is C12H9BrCl6. The van der Waals surface area contributed by atoms with Crippen LogP contribution in [0.1, 0.15) is 12.8 Å². The number of fused-ring (bicyclic) bond motifs is 9. The summed E-state index contributed by atoms with van der Waals surface area (Å²) in [5.41, 5.74) is 0. The quantitative estimate of drug-likeness (QED) is 0.323. The molecule has 4 aliphatic carbocycles. The van der Waals surface area contributed by atoms with E-state index < -0.39 is 14.1 Å². The van der Waals surface area contributed by atoms with E-state index in [9.17, 15) is 0 Å². The maximum atomic E-state index is 6.84. The van der Waals surface area contributed by atoms with Crippen LogP contribution in [0, 0.1) is 23.7 Å². The minimum Gasteiger partial charge on any atom is -0.109 e. The van der Waals surface area contributed by atoms with Gasteiger partial charge in [0.2, 0.25) is 0 Å². The number of allylic oxidation sites excluding steroid dienone is 2. The lowest BCUT2D eigenvalue weighted by molar-refractivity contribution is 0.226. The predicted octanol–water partition coefficient (Wildman–Crippen LogP) is 5.87. The van der Waals surface area contributed by atoms with Gasteiger partial charge in [0.25, 0.3) is 0 Å². The first-order valence-electron chi connectivity index (χ1n) is 6.15. The van der Waals surface area contributed by atoms with E-state index in [1.807, 2.05) is 0 Å². The van der Waals surface area contributed by atoms with E-state index in [0.717, 1.165) is 12.8 Å². The van der Waals surface area contributed by atoms with Crippen LogP contribution in [0.3, 0.4) is 0 Å². The molecule has 0 aromatic rings. The lowest BCUT2D eigenvalue weighted by Gasteiger charge is -2.41. The van der Waals surface area contributed by atoms with Crippen molar-refractivity contribution >= 4 is 85.5 Å². The zero-order valence-electron chi connectivity index (χ0n) is 9.45. The Bertz CT molecular complexity index is 518. The summed E-state index contributed by atoms with van der Waals surface area (Å²) < 4.78 is -1.36. The van der Waals surface area contributed by atoms with Crippen molar-refractivity contribution in [3.63, 3.8) is 0 Å². The zero-order valence-corrected chi connectivity index (χ0v) is 15.6. The zero-order chi connectivity index (χ0) is 14.0. The van der Waals surface area contributed by atoms with Gasteiger partial charge in [0.05, 0.1) is 10.1 Å². The number of rotatable bonds is 0. The van der Waals surface area contributed by atoms with Gasteiger partial charge in [0.15, 0.2) is 4.33 Å². The minimum atomic E-state index is -1.36. The largest absolute Gasteiger partial charge is 0.166 e. The van der Waals surface area contributed by atoms with Crippen LogP contribution in [0.2, 0.25) is 0 Å². The third-order valence-electron chi connectivity index (χ3n) is 5.59. The first-order chi connectivity index (χ1) is 8.69. The lowest BCUT2D eigenvalue weighted by Crippen LogP contribution is -2.46. The highest BCUT2D eigenvalue weighted by Crippen LogP contribution is 2.82. The highest BCUT2D eigenvalue weighted by Gasteiger charge is 2.86. The minimum absolute atomic E-state index is 0.0831. The summed E-state index contributed by atoms with van der Waals surface area (Å²) in [6, 6.07) is 0. The van der Waals surface area contributed by atoms with E-state index in [4.69, 9.17) is 69.6 Å².